The number of nitrogens with one attached hydrogen (secondary N) is 4. The summed E-state index contributed by atoms with van der Waals surface area (Å²) in [5.41, 5.74) is 9.81. The first kappa shape index (κ1) is 22.5. The first-order valence-electron chi connectivity index (χ1n) is 11.6. The average Bonchev–Trinajstić information content (AvgIpc) is 3.32. The van der Waals surface area contributed by atoms with Gasteiger partial charge in [-0.15, -0.1) is 0 Å². The highest BCUT2D eigenvalue weighted by Crippen LogP contribution is 2.42. The van der Waals surface area contributed by atoms with Crippen molar-refractivity contribution < 1.29 is 13.9 Å². The zero-order valence-electron chi connectivity index (χ0n) is 19.0. The zero-order valence-corrected chi connectivity index (χ0v) is 19.0. The number of amides is 1. The van der Waals surface area contributed by atoms with Gasteiger partial charge in [0.2, 0.25) is 5.91 Å². The number of halogens is 1. The van der Waals surface area contributed by atoms with E-state index >= 15 is 0 Å². The number of piperidine rings is 1. The lowest BCUT2D eigenvalue weighted by Gasteiger charge is -2.40. The van der Waals surface area contributed by atoms with E-state index in [4.69, 9.17) is 4.74 Å². The quantitative estimate of drug-likeness (QED) is 0.453. The molecule has 0 aliphatic carbocycles. The summed E-state index contributed by atoms with van der Waals surface area (Å²) in [5.74, 6) is 0.253. The topological polar surface area (TPSA) is 74.4 Å². The van der Waals surface area contributed by atoms with Gasteiger partial charge in [-0.3, -0.25) is 10.1 Å². The molecule has 0 aromatic heterocycles. The maximum Gasteiger partial charge on any atom is 0.223 e. The van der Waals surface area contributed by atoms with E-state index in [9.17, 15) is 9.18 Å². The molecule has 0 spiro atoms. The van der Waals surface area contributed by atoms with E-state index in [-0.39, 0.29) is 41.8 Å². The Hall–Kier alpha value is -3.26. The normalized spacial score (nSPS) is 26.0. The fourth-order valence-corrected chi connectivity index (χ4v) is 5.12. The second kappa shape index (κ2) is 9.93. The van der Waals surface area contributed by atoms with Crippen molar-refractivity contribution in [3.63, 3.8) is 0 Å². The monoisotopic (exact) mass is 460 g/mol. The summed E-state index contributed by atoms with van der Waals surface area (Å²) in [7, 11) is 1.65. The van der Waals surface area contributed by atoms with Gasteiger partial charge >= 0.3 is 0 Å². The molecular weight excluding hydrogens is 431 g/mol. The largest absolute Gasteiger partial charge is 0.497 e. The van der Waals surface area contributed by atoms with Crippen LogP contribution in [0.25, 0.3) is 0 Å². The molecule has 176 valence electrons. The first-order valence-corrected chi connectivity index (χ1v) is 11.6. The number of carbonyl (C=O) groups is 1. The van der Waals surface area contributed by atoms with Crippen LogP contribution in [0.2, 0.25) is 0 Å². The van der Waals surface area contributed by atoms with Gasteiger partial charge in [-0.2, -0.15) is 0 Å². The number of benzene rings is 3. The molecule has 2 aliphatic heterocycles. The Bertz CT molecular complexity index is 1110. The third-order valence-electron chi connectivity index (χ3n) is 6.89. The number of hydrogen-bond acceptors (Lipinski definition) is 5. The Balaban J connectivity index is 1.40. The summed E-state index contributed by atoms with van der Waals surface area (Å²) >= 11 is 0. The van der Waals surface area contributed by atoms with Crippen molar-refractivity contribution >= 4 is 5.91 Å². The molecule has 7 heteroatoms. The van der Waals surface area contributed by atoms with Crippen molar-refractivity contribution in [3.8, 4) is 5.75 Å². The maximum absolute atomic E-state index is 13.5. The lowest BCUT2D eigenvalue weighted by Crippen LogP contribution is -2.54. The molecule has 6 nitrogen and oxygen atoms in total. The fraction of sp³-hybridized carbons (Fsp3) is 0.296. The van der Waals surface area contributed by atoms with Gasteiger partial charge < -0.3 is 10.1 Å². The Morgan fingerprint density at radius 3 is 2.38 bits per heavy atom. The minimum absolute atomic E-state index is 0.000833. The summed E-state index contributed by atoms with van der Waals surface area (Å²) in [6, 6.07) is 24.2. The number of hydrogen-bond donors (Lipinski definition) is 4. The van der Waals surface area contributed by atoms with Gasteiger partial charge in [-0.25, -0.2) is 15.2 Å². The van der Waals surface area contributed by atoms with Crippen molar-refractivity contribution in [2.24, 2.45) is 11.8 Å². The highest BCUT2D eigenvalue weighted by molar-refractivity contribution is 5.79. The molecule has 2 aliphatic rings. The van der Waals surface area contributed by atoms with Crippen molar-refractivity contribution in [3.05, 3.63) is 101 Å². The Kier molecular flexibility index (Phi) is 6.58. The number of hydrazine groups is 1. The van der Waals surface area contributed by atoms with Crippen molar-refractivity contribution in [2.45, 2.75) is 31.2 Å². The second-order valence-corrected chi connectivity index (χ2v) is 8.91. The number of ether oxygens (including phenoxy) is 1. The minimum Gasteiger partial charge on any atom is -0.497 e. The van der Waals surface area contributed by atoms with Gasteiger partial charge in [0.25, 0.3) is 0 Å². The van der Waals surface area contributed by atoms with Crippen LogP contribution >= 0.6 is 0 Å². The minimum atomic E-state index is -0.273. The number of fused-ring (bicyclic) bond motifs is 1. The number of methoxy groups -OCH3 is 1. The van der Waals surface area contributed by atoms with Crippen LogP contribution in [-0.4, -0.2) is 19.2 Å². The van der Waals surface area contributed by atoms with Gasteiger partial charge in [0.15, 0.2) is 0 Å². The molecule has 5 atom stereocenters. The first-order chi connectivity index (χ1) is 16.6. The summed E-state index contributed by atoms with van der Waals surface area (Å²) in [6.45, 7) is 0.482. The third-order valence-corrected chi connectivity index (χ3v) is 6.89. The molecule has 1 amide bonds. The molecular formula is C27H29FN4O2. The lowest BCUT2D eigenvalue weighted by molar-refractivity contribution is -0.129. The molecule has 4 N–H and O–H groups in total. The Morgan fingerprint density at radius 2 is 1.68 bits per heavy atom. The van der Waals surface area contributed by atoms with Crippen LogP contribution in [0.15, 0.2) is 78.9 Å². The second-order valence-electron chi connectivity index (χ2n) is 8.91. The van der Waals surface area contributed by atoms with Gasteiger partial charge in [-0.1, -0.05) is 54.6 Å². The van der Waals surface area contributed by atoms with Crippen LogP contribution in [0.4, 0.5) is 4.39 Å². The van der Waals surface area contributed by atoms with Crippen LogP contribution in [0.3, 0.4) is 0 Å². The summed E-state index contributed by atoms with van der Waals surface area (Å²) in [4.78, 5) is 13.5. The van der Waals surface area contributed by atoms with E-state index in [1.54, 1.807) is 19.2 Å². The Labute approximate surface area is 198 Å². The van der Waals surface area contributed by atoms with Gasteiger partial charge in [-0.05, 0) is 47.4 Å². The molecule has 5 unspecified atom stereocenters. The third kappa shape index (κ3) is 4.68. The molecule has 2 heterocycles. The van der Waals surface area contributed by atoms with Crippen LogP contribution in [0.1, 0.15) is 35.2 Å². The summed E-state index contributed by atoms with van der Waals surface area (Å²) in [5, 5.41) is 6.82. The van der Waals surface area contributed by atoms with E-state index in [0.29, 0.717) is 13.0 Å². The van der Waals surface area contributed by atoms with Crippen LogP contribution in [-0.2, 0) is 11.3 Å². The molecule has 0 radical (unpaired) electrons. The number of rotatable bonds is 6. The molecule has 2 saturated heterocycles. The number of carbonyl (C=O) groups excluding carboxylic acids is 1. The van der Waals surface area contributed by atoms with Crippen LogP contribution in [0.5, 0.6) is 5.75 Å². The fourth-order valence-electron chi connectivity index (χ4n) is 5.12. The van der Waals surface area contributed by atoms with Gasteiger partial charge in [0, 0.05) is 24.4 Å². The molecule has 34 heavy (non-hydrogen) atoms. The SMILES string of the molecule is COc1ccc(C2CC(C(=O)NCc3ccccc3)C3C(NNC3c3ccc(F)cc3)N2)cc1. The standard InChI is InChI=1S/C27H29FN4O2/c1-34-21-13-9-18(10-14-21)23-15-22(27(33)29-16-17-5-3-2-4-6-17)24-25(31-32-26(24)30-23)19-7-11-20(28)12-8-19/h2-14,22-26,30-32H,15-16H2,1H3,(H,29,33). The molecule has 3 aromatic rings. The van der Waals surface area contributed by atoms with E-state index in [0.717, 1.165) is 22.4 Å². The lowest BCUT2D eigenvalue weighted by atomic mass is 9.74. The zero-order chi connectivity index (χ0) is 23.5. The molecule has 5 rings (SSSR count). The molecule has 0 bridgehead atoms. The highest BCUT2D eigenvalue weighted by Gasteiger charge is 2.49. The van der Waals surface area contributed by atoms with E-state index in [1.165, 1.54) is 12.1 Å². The maximum atomic E-state index is 13.5. The van der Waals surface area contributed by atoms with Gasteiger partial charge in [0.05, 0.1) is 19.3 Å². The molecule has 0 saturated carbocycles. The predicted molar refractivity (Wildman–Crippen MR) is 128 cm³/mol. The van der Waals surface area contributed by atoms with Crippen LogP contribution < -0.4 is 26.2 Å². The predicted octanol–water partition coefficient (Wildman–Crippen LogP) is 3.59. The van der Waals surface area contributed by atoms with E-state index in [2.05, 4.69) is 21.5 Å². The summed E-state index contributed by atoms with van der Waals surface area (Å²) < 4.78 is 18.8. The molecule has 3 aromatic carbocycles. The Morgan fingerprint density at radius 1 is 0.971 bits per heavy atom. The highest BCUT2D eigenvalue weighted by atomic mass is 19.1. The molecule has 2 fully saturated rings. The average molecular weight is 461 g/mol. The van der Waals surface area contributed by atoms with Crippen LogP contribution in [0, 0.1) is 17.7 Å². The van der Waals surface area contributed by atoms with Gasteiger partial charge in [0.1, 0.15) is 11.6 Å². The van der Waals surface area contributed by atoms with E-state index < -0.39 is 0 Å². The van der Waals surface area contributed by atoms with Crippen molar-refractivity contribution in [1.82, 2.24) is 21.5 Å². The van der Waals surface area contributed by atoms with Crippen molar-refractivity contribution in [1.29, 1.82) is 0 Å². The summed E-state index contributed by atoms with van der Waals surface area (Å²) in [6.07, 6.45) is 0.526. The van der Waals surface area contributed by atoms with E-state index in [1.807, 2.05) is 54.6 Å². The smallest absolute Gasteiger partial charge is 0.223 e. The van der Waals surface area contributed by atoms with Crippen molar-refractivity contribution in [2.75, 3.05) is 7.11 Å².